The molecule has 0 spiro atoms. The molecule has 0 aliphatic carbocycles. The number of hydrogen-bond acceptors (Lipinski definition) is 3. The van der Waals surface area contributed by atoms with E-state index in [1.807, 2.05) is 56.3 Å². The summed E-state index contributed by atoms with van der Waals surface area (Å²) in [6.07, 6.45) is 0.763. The predicted molar refractivity (Wildman–Crippen MR) is 86.0 cm³/mol. The minimum atomic E-state index is -0.0432. The average molecular weight is 294 g/mol. The van der Waals surface area contributed by atoms with E-state index in [2.05, 4.69) is 10.3 Å². The minimum absolute atomic E-state index is 0.0432. The van der Waals surface area contributed by atoms with Gasteiger partial charge in [-0.1, -0.05) is 23.8 Å². The van der Waals surface area contributed by atoms with Gasteiger partial charge in [0.15, 0.2) is 11.5 Å². The summed E-state index contributed by atoms with van der Waals surface area (Å²) in [4.78, 5) is 16.3. The van der Waals surface area contributed by atoms with E-state index in [0.717, 1.165) is 28.6 Å². The fraction of sp³-hybridized carbons (Fsp3) is 0.222. The molecule has 0 fully saturated rings. The van der Waals surface area contributed by atoms with Crippen molar-refractivity contribution in [1.29, 1.82) is 0 Å². The summed E-state index contributed by atoms with van der Waals surface area (Å²) < 4.78 is 5.45. The van der Waals surface area contributed by atoms with Gasteiger partial charge in [-0.3, -0.25) is 4.79 Å². The first-order chi connectivity index (χ1) is 10.6. The van der Waals surface area contributed by atoms with Gasteiger partial charge in [0.05, 0.1) is 0 Å². The topological polar surface area (TPSA) is 55.1 Å². The third kappa shape index (κ3) is 3.17. The second-order valence-electron chi connectivity index (χ2n) is 5.41. The van der Waals surface area contributed by atoms with Crippen LogP contribution in [-0.2, 0) is 6.42 Å². The van der Waals surface area contributed by atoms with Crippen molar-refractivity contribution in [2.45, 2.75) is 20.3 Å². The van der Waals surface area contributed by atoms with E-state index in [1.54, 1.807) is 0 Å². The van der Waals surface area contributed by atoms with E-state index >= 15 is 0 Å². The van der Waals surface area contributed by atoms with Crippen LogP contribution in [0.4, 0.5) is 0 Å². The molecule has 1 N–H and O–H groups in total. The Morgan fingerprint density at radius 3 is 2.68 bits per heavy atom. The van der Waals surface area contributed by atoms with Gasteiger partial charge < -0.3 is 9.73 Å². The first kappa shape index (κ1) is 14.3. The number of amides is 1. The lowest BCUT2D eigenvalue weighted by atomic mass is 10.1. The Kier molecular flexibility index (Phi) is 3.92. The van der Waals surface area contributed by atoms with Crippen LogP contribution in [0, 0.1) is 13.8 Å². The van der Waals surface area contributed by atoms with Crippen molar-refractivity contribution < 1.29 is 9.21 Å². The summed E-state index contributed by atoms with van der Waals surface area (Å²) in [6.45, 7) is 4.43. The van der Waals surface area contributed by atoms with Crippen LogP contribution in [0.3, 0.4) is 0 Å². The van der Waals surface area contributed by atoms with Crippen LogP contribution in [0.25, 0.3) is 11.1 Å². The maximum Gasteiger partial charge on any atom is 0.251 e. The molecule has 3 aromatic rings. The minimum Gasteiger partial charge on any atom is -0.441 e. The summed E-state index contributed by atoms with van der Waals surface area (Å²) in [5, 5.41) is 2.94. The molecule has 0 saturated carbocycles. The number of aromatic nitrogens is 1. The molecule has 4 nitrogen and oxygen atoms in total. The number of rotatable bonds is 4. The van der Waals surface area contributed by atoms with Crippen LogP contribution in [0.2, 0.25) is 0 Å². The van der Waals surface area contributed by atoms with Gasteiger partial charge in [0.2, 0.25) is 0 Å². The first-order valence-electron chi connectivity index (χ1n) is 7.33. The summed E-state index contributed by atoms with van der Waals surface area (Å²) in [5.41, 5.74) is 4.62. The number of oxazole rings is 1. The number of benzene rings is 2. The van der Waals surface area contributed by atoms with Crippen LogP contribution in [0.1, 0.15) is 27.4 Å². The van der Waals surface area contributed by atoms with E-state index in [4.69, 9.17) is 4.42 Å². The highest BCUT2D eigenvalue weighted by molar-refractivity contribution is 5.94. The van der Waals surface area contributed by atoms with Gasteiger partial charge in [-0.25, -0.2) is 4.98 Å². The third-order valence-electron chi connectivity index (χ3n) is 3.57. The highest BCUT2D eigenvalue weighted by atomic mass is 16.3. The zero-order valence-corrected chi connectivity index (χ0v) is 12.7. The second-order valence-corrected chi connectivity index (χ2v) is 5.41. The quantitative estimate of drug-likeness (QED) is 0.802. The van der Waals surface area contributed by atoms with E-state index in [9.17, 15) is 4.79 Å². The number of nitrogens with one attached hydrogen (secondary N) is 1. The van der Waals surface area contributed by atoms with Gasteiger partial charge in [-0.05, 0) is 43.2 Å². The van der Waals surface area contributed by atoms with E-state index in [-0.39, 0.29) is 5.91 Å². The van der Waals surface area contributed by atoms with Crippen LogP contribution >= 0.6 is 0 Å². The molecule has 0 aliphatic heterocycles. The normalized spacial score (nSPS) is 10.8. The number of fused-ring (bicyclic) bond motifs is 1. The van der Waals surface area contributed by atoms with Crippen molar-refractivity contribution in [3.05, 3.63) is 65.0 Å². The number of aryl methyl sites for hydroxylation is 2. The molecular formula is C18H18N2O2. The SMILES string of the molecule is Cc1ccc(C(=O)NCCc2ccc3oc(C)nc3c2)cc1. The maximum atomic E-state index is 12.0. The average Bonchev–Trinajstić information content (AvgIpc) is 2.87. The van der Waals surface area contributed by atoms with Gasteiger partial charge in [0.1, 0.15) is 5.52 Å². The first-order valence-corrected chi connectivity index (χ1v) is 7.33. The molecule has 1 amide bonds. The molecule has 0 unspecified atom stereocenters. The molecule has 0 saturated heterocycles. The monoisotopic (exact) mass is 294 g/mol. The molecule has 2 aromatic carbocycles. The molecule has 3 rings (SSSR count). The van der Waals surface area contributed by atoms with Crippen LogP contribution < -0.4 is 5.32 Å². The Balaban J connectivity index is 1.59. The zero-order chi connectivity index (χ0) is 15.5. The van der Waals surface area contributed by atoms with E-state index in [0.29, 0.717) is 18.0 Å². The molecule has 0 radical (unpaired) electrons. The highest BCUT2D eigenvalue weighted by Gasteiger charge is 2.06. The summed E-state index contributed by atoms with van der Waals surface area (Å²) in [6, 6.07) is 13.5. The van der Waals surface area contributed by atoms with Crippen molar-refractivity contribution in [3.8, 4) is 0 Å². The van der Waals surface area contributed by atoms with Crippen LogP contribution in [-0.4, -0.2) is 17.4 Å². The van der Waals surface area contributed by atoms with Gasteiger partial charge in [-0.15, -0.1) is 0 Å². The summed E-state index contributed by atoms with van der Waals surface area (Å²) in [7, 11) is 0. The highest BCUT2D eigenvalue weighted by Crippen LogP contribution is 2.16. The standard InChI is InChI=1S/C18H18N2O2/c1-12-3-6-15(7-4-12)18(21)19-10-9-14-5-8-17-16(11-14)20-13(2)22-17/h3-8,11H,9-10H2,1-2H3,(H,19,21). The van der Waals surface area contributed by atoms with Crippen molar-refractivity contribution in [2.75, 3.05) is 6.54 Å². The largest absolute Gasteiger partial charge is 0.441 e. The number of carbonyl (C=O) groups excluding carboxylic acids is 1. The molecule has 1 aromatic heterocycles. The van der Waals surface area contributed by atoms with Gasteiger partial charge in [-0.2, -0.15) is 0 Å². The van der Waals surface area contributed by atoms with Crippen LogP contribution in [0.5, 0.6) is 0 Å². The van der Waals surface area contributed by atoms with Crippen molar-refractivity contribution in [3.63, 3.8) is 0 Å². The lowest BCUT2D eigenvalue weighted by Gasteiger charge is -2.05. The number of hydrogen-bond donors (Lipinski definition) is 1. The Morgan fingerprint density at radius 1 is 1.14 bits per heavy atom. The Bertz CT molecular complexity index is 804. The fourth-order valence-corrected chi connectivity index (χ4v) is 2.37. The maximum absolute atomic E-state index is 12.0. The lowest BCUT2D eigenvalue weighted by molar-refractivity contribution is 0.0954. The van der Waals surface area contributed by atoms with Crippen molar-refractivity contribution in [2.24, 2.45) is 0 Å². The smallest absolute Gasteiger partial charge is 0.251 e. The Labute approximate surface area is 129 Å². The number of nitrogens with zero attached hydrogens (tertiary/aromatic N) is 1. The fourth-order valence-electron chi connectivity index (χ4n) is 2.37. The number of carbonyl (C=O) groups is 1. The summed E-state index contributed by atoms with van der Waals surface area (Å²) in [5.74, 6) is 0.623. The molecule has 22 heavy (non-hydrogen) atoms. The summed E-state index contributed by atoms with van der Waals surface area (Å²) >= 11 is 0. The molecule has 0 bridgehead atoms. The molecule has 112 valence electrons. The van der Waals surface area contributed by atoms with Gasteiger partial charge in [0.25, 0.3) is 5.91 Å². The molecule has 0 aliphatic rings. The molecule has 1 heterocycles. The molecule has 4 heteroatoms. The van der Waals surface area contributed by atoms with Crippen molar-refractivity contribution in [1.82, 2.24) is 10.3 Å². The van der Waals surface area contributed by atoms with E-state index in [1.165, 1.54) is 0 Å². The predicted octanol–water partition coefficient (Wildman–Crippen LogP) is 3.42. The zero-order valence-electron chi connectivity index (χ0n) is 12.7. The Morgan fingerprint density at radius 2 is 1.91 bits per heavy atom. The molecular weight excluding hydrogens is 276 g/mol. The van der Waals surface area contributed by atoms with Crippen LogP contribution in [0.15, 0.2) is 46.9 Å². The second kappa shape index (κ2) is 6.02. The van der Waals surface area contributed by atoms with Gasteiger partial charge in [0, 0.05) is 19.0 Å². The Hall–Kier alpha value is -2.62. The molecule has 0 atom stereocenters. The van der Waals surface area contributed by atoms with Gasteiger partial charge >= 0.3 is 0 Å². The third-order valence-corrected chi connectivity index (χ3v) is 3.57. The van der Waals surface area contributed by atoms with Crippen molar-refractivity contribution >= 4 is 17.0 Å². The lowest BCUT2D eigenvalue weighted by Crippen LogP contribution is -2.25. The van der Waals surface area contributed by atoms with E-state index < -0.39 is 0 Å².